The zero-order valence-electron chi connectivity index (χ0n) is 10.6. The summed E-state index contributed by atoms with van der Waals surface area (Å²) in [5.41, 5.74) is 0. The quantitative estimate of drug-likeness (QED) is 0.665. The predicted octanol–water partition coefficient (Wildman–Crippen LogP) is 1.54. The van der Waals surface area contributed by atoms with Crippen LogP contribution < -0.4 is 0 Å². The summed E-state index contributed by atoms with van der Waals surface area (Å²) < 4.78 is 0. The van der Waals surface area contributed by atoms with Gasteiger partial charge in [0.15, 0.2) is 0 Å². The highest BCUT2D eigenvalue weighted by Crippen LogP contribution is 2.12. The Bertz CT molecular complexity index is 181. The lowest BCUT2D eigenvalue weighted by atomic mass is 10.4. The van der Waals surface area contributed by atoms with Crippen LogP contribution in [0.15, 0.2) is 0 Å². The Morgan fingerprint density at radius 2 is 1.80 bits per heavy atom. The van der Waals surface area contributed by atoms with Gasteiger partial charge in [0.25, 0.3) is 0 Å². The van der Waals surface area contributed by atoms with Gasteiger partial charge in [-0.15, -0.1) is 11.8 Å². The van der Waals surface area contributed by atoms with Crippen LogP contribution in [0.5, 0.6) is 0 Å². The number of thioether (sulfide) groups is 1. The smallest absolute Gasteiger partial charge is 0.234 e. The molecule has 4 heteroatoms. The van der Waals surface area contributed by atoms with Gasteiger partial charge in [-0.1, -0.05) is 13.8 Å². The van der Waals surface area contributed by atoms with Crippen LogP contribution >= 0.6 is 11.8 Å². The van der Waals surface area contributed by atoms with Crippen molar-refractivity contribution >= 4 is 17.7 Å². The van der Waals surface area contributed by atoms with Crippen LogP contribution in [0, 0.1) is 0 Å². The molecule has 0 heterocycles. The van der Waals surface area contributed by atoms with E-state index < -0.39 is 0 Å². The number of carbonyl (C=O) groups is 1. The lowest BCUT2D eigenvalue weighted by Crippen LogP contribution is -2.31. The minimum Gasteiger partial charge on any atom is -0.348 e. The summed E-state index contributed by atoms with van der Waals surface area (Å²) in [7, 11) is 3.62. The fraction of sp³-hybridized carbons (Fsp3) is 0.909. The maximum atomic E-state index is 11.5. The van der Waals surface area contributed by atoms with Crippen LogP contribution in [-0.2, 0) is 4.79 Å². The molecule has 0 aliphatic heterocycles. The van der Waals surface area contributed by atoms with Gasteiger partial charge in [-0.25, -0.2) is 0 Å². The van der Waals surface area contributed by atoms with E-state index in [1.165, 1.54) is 0 Å². The monoisotopic (exact) mass is 232 g/mol. The van der Waals surface area contributed by atoms with E-state index in [0.717, 1.165) is 25.4 Å². The number of carbonyl (C=O) groups excluding carboxylic acids is 1. The van der Waals surface area contributed by atoms with Crippen LogP contribution in [0.2, 0.25) is 0 Å². The van der Waals surface area contributed by atoms with Gasteiger partial charge < -0.3 is 9.80 Å². The minimum atomic E-state index is 0.0792. The highest BCUT2D eigenvalue weighted by atomic mass is 32.2. The number of rotatable bonds is 7. The average molecular weight is 232 g/mol. The largest absolute Gasteiger partial charge is 0.348 e. The van der Waals surface area contributed by atoms with E-state index in [1.807, 2.05) is 21.0 Å². The Balaban J connectivity index is 3.71. The van der Waals surface area contributed by atoms with Crippen molar-refractivity contribution in [2.75, 3.05) is 39.5 Å². The first-order valence-corrected chi connectivity index (χ1v) is 6.62. The van der Waals surface area contributed by atoms with E-state index in [9.17, 15) is 4.79 Å². The normalized spacial score (nSPS) is 12.9. The molecule has 0 aromatic carbocycles. The molecule has 0 aromatic rings. The van der Waals surface area contributed by atoms with Gasteiger partial charge >= 0.3 is 0 Å². The van der Waals surface area contributed by atoms with E-state index in [4.69, 9.17) is 0 Å². The summed E-state index contributed by atoms with van der Waals surface area (Å²) >= 11 is 1.74. The van der Waals surface area contributed by atoms with E-state index in [1.54, 1.807) is 16.7 Å². The molecule has 90 valence electrons. The third-order valence-electron chi connectivity index (χ3n) is 2.46. The third-order valence-corrected chi connectivity index (χ3v) is 3.58. The van der Waals surface area contributed by atoms with Crippen molar-refractivity contribution in [2.45, 2.75) is 26.0 Å². The number of nitrogens with zero attached hydrogens (tertiary/aromatic N) is 2. The zero-order chi connectivity index (χ0) is 11.8. The zero-order valence-corrected chi connectivity index (χ0v) is 11.4. The molecule has 0 fully saturated rings. The number of amides is 1. The van der Waals surface area contributed by atoms with Crippen LogP contribution in [-0.4, -0.2) is 60.4 Å². The topological polar surface area (TPSA) is 23.6 Å². The summed E-state index contributed by atoms with van der Waals surface area (Å²) in [4.78, 5) is 15.6. The molecule has 0 radical (unpaired) electrons. The van der Waals surface area contributed by atoms with Crippen molar-refractivity contribution in [1.29, 1.82) is 0 Å². The Kier molecular flexibility index (Phi) is 7.88. The van der Waals surface area contributed by atoms with Crippen LogP contribution in [0.25, 0.3) is 0 Å². The Hall–Kier alpha value is -0.220. The maximum absolute atomic E-state index is 11.5. The summed E-state index contributed by atoms with van der Waals surface area (Å²) in [5, 5.41) is 0.0792. The lowest BCUT2D eigenvalue weighted by Gasteiger charge is -2.20. The predicted molar refractivity (Wildman–Crippen MR) is 68.4 cm³/mol. The SMILES string of the molecule is CCN(CC)CCS[C@@H](C)C(=O)N(C)C. The van der Waals surface area contributed by atoms with Gasteiger partial charge in [-0.3, -0.25) is 4.79 Å². The Morgan fingerprint density at radius 3 is 2.20 bits per heavy atom. The molecule has 3 nitrogen and oxygen atoms in total. The highest BCUT2D eigenvalue weighted by molar-refractivity contribution is 8.00. The van der Waals surface area contributed by atoms with E-state index in [2.05, 4.69) is 18.7 Å². The third kappa shape index (κ3) is 6.05. The van der Waals surface area contributed by atoms with Crippen molar-refractivity contribution in [2.24, 2.45) is 0 Å². The van der Waals surface area contributed by atoms with Crippen molar-refractivity contribution in [3.63, 3.8) is 0 Å². The summed E-state index contributed by atoms with van der Waals surface area (Å²) in [5.74, 6) is 1.24. The lowest BCUT2D eigenvalue weighted by molar-refractivity contribution is -0.127. The van der Waals surface area contributed by atoms with Gasteiger partial charge in [0.2, 0.25) is 5.91 Å². The van der Waals surface area contributed by atoms with Gasteiger partial charge in [0, 0.05) is 26.4 Å². The molecule has 0 aromatic heterocycles. The summed E-state index contributed by atoms with van der Waals surface area (Å²) in [6.45, 7) is 9.57. The molecule has 0 aliphatic carbocycles. The summed E-state index contributed by atoms with van der Waals surface area (Å²) in [6.07, 6.45) is 0. The molecule has 0 rings (SSSR count). The van der Waals surface area contributed by atoms with Gasteiger partial charge in [0.05, 0.1) is 5.25 Å². The molecule has 0 unspecified atom stereocenters. The summed E-state index contributed by atoms with van der Waals surface area (Å²) in [6, 6.07) is 0. The average Bonchev–Trinajstić information content (AvgIpc) is 2.22. The van der Waals surface area contributed by atoms with Crippen molar-refractivity contribution < 1.29 is 4.79 Å². The highest BCUT2D eigenvalue weighted by Gasteiger charge is 2.14. The molecule has 0 N–H and O–H groups in total. The molecule has 0 saturated carbocycles. The van der Waals surface area contributed by atoms with Crippen LogP contribution in [0.3, 0.4) is 0 Å². The van der Waals surface area contributed by atoms with Gasteiger partial charge in [-0.05, 0) is 20.0 Å². The molecular weight excluding hydrogens is 208 g/mol. The minimum absolute atomic E-state index is 0.0792. The Morgan fingerprint density at radius 1 is 1.27 bits per heavy atom. The Labute approximate surface area is 98.2 Å². The molecule has 0 aliphatic rings. The fourth-order valence-electron chi connectivity index (χ4n) is 1.33. The maximum Gasteiger partial charge on any atom is 0.234 e. The van der Waals surface area contributed by atoms with Crippen molar-refractivity contribution in [3.8, 4) is 0 Å². The van der Waals surface area contributed by atoms with E-state index in [0.29, 0.717) is 0 Å². The number of hydrogen-bond acceptors (Lipinski definition) is 3. The van der Waals surface area contributed by atoms with E-state index in [-0.39, 0.29) is 11.2 Å². The van der Waals surface area contributed by atoms with E-state index >= 15 is 0 Å². The number of hydrogen-bond donors (Lipinski definition) is 0. The second kappa shape index (κ2) is 7.99. The van der Waals surface area contributed by atoms with Crippen molar-refractivity contribution in [3.05, 3.63) is 0 Å². The van der Waals surface area contributed by atoms with Gasteiger partial charge in [0.1, 0.15) is 0 Å². The van der Waals surface area contributed by atoms with Crippen LogP contribution in [0.1, 0.15) is 20.8 Å². The van der Waals surface area contributed by atoms with Gasteiger partial charge in [-0.2, -0.15) is 0 Å². The standard InChI is InChI=1S/C11H24N2OS/c1-6-13(7-2)8-9-15-10(3)11(14)12(4)5/h10H,6-9H2,1-5H3/t10-/m0/s1. The fourth-order valence-corrected chi connectivity index (χ4v) is 2.40. The molecular formula is C11H24N2OS. The second-order valence-electron chi connectivity index (χ2n) is 3.77. The first-order chi connectivity index (χ1) is 7.02. The first-order valence-electron chi connectivity index (χ1n) is 5.58. The first kappa shape index (κ1) is 14.8. The van der Waals surface area contributed by atoms with Crippen molar-refractivity contribution in [1.82, 2.24) is 9.80 Å². The van der Waals surface area contributed by atoms with Crippen LogP contribution in [0.4, 0.5) is 0 Å². The molecule has 0 saturated heterocycles. The molecule has 0 bridgehead atoms. The molecule has 1 amide bonds. The molecule has 0 spiro atoms. The molecule has 1 atom stereocenters. The molecule has 15 heavy (non-hydrogen) atoms. The second-order valence-corrected chi connectivity index (χ2v) is 5.22.